The monoisotopic (exact) mass is 497 g/mol. The van der Waals surface area contributed by atoms with Gasteiger partial charge in [-0.3, -0.25) is 4.79 Å². The Morgan fingerprint density at radius 2 is 1.61 bits per heavy atom. The van der Waals surface area contributed by atoms with Gasteiger partial charge in [-0.05, 0) is 102 Å². The quantitative estimate of drug-likeness (QED) is 0.353. The van der Waals surface area contributed by atoms with Crippen molar-refractivity contribution in [1.29, 1.82) is 0 Å². The zero-order chi connectivity index (χ0) is 26.7. The molecule has 0 saturated heterocycles. The van der Waals surface area contributed by atoms with Crippen molar-refractivity contribution in [2.24, 2.45) is 5.41 Å². The molecule has 0 bridgehead atoms. The standard InChI is InChI=1S/C29H39NO6/c1-28(2,3)26(31)35-25-17-20-15-16-30(27(32)36-29(4,5)6)23(22(20)18-24(25)34-8)14-11-19-9-12-21(33-7)13-10-19/h9-10,12-13,17-18,23H,11,14-16H2,1-8H3/t23-/m0/s1. The Bertz CT molecular complexity index is 1080. The normalized spacial score (nSPS) is 15.7. The maximum atomic E-state index is 13.2. The molecule has 0 unspecified atom stereocenters. The van der Waals surface area contributed by atoms with Crippen molar-refractivity contribution in [2.45, 2.75) is 72.4 Å². The number of ether oxygens (including phenoxy) is 4. The number of nitrogens with zero attached hydrogens (tertiary/aromatic N) is 1. The second kappa shape index (κ2) is 10.8. The summed E-state index contributed by atoms with van der Waals surface area (Å²) in [4.78, 5) is 27.6. The summed E-state index contributed by atoms with van der Waals surface area (Å²) in [5, 5.41) is 0. The molecule has 0 fully saturated rings. The molecule has 0 radical (unpaired) electrons. The van der Waals surface area contributed by atoms with Crippen LogP contribution >= 0.6 is 0 Å². The molecule has 7 heteroatoms. The summed E-state index contributed by atoms with van der Waals surface area (Å²) < 4.78 is 22.3. The molecule has 0 saturated carbocycles. The molecule has 2 aromatic carbocycles. The zero-order valence-corrected chi connectivity index (χ0v) is 22.8. The van der Waals surface area contributed by atoms with E-state index in [1.54, 1.807) is 19.1 Å². The fraction of sp³-hybridized carbons (Fsp3) is 0.517. The van der Waals surface area contributed by atoms with E-state index < -0.39 is 11.0 Å². The van der Waals surface area contributed by atoms with Gasteiger partial charge in [0.15, 0.2) is 11.5 Å². The van der Waals surface area contributed by atoms with E-state index in [1.165, 1.54) is 0 Å². The second-order valence-electron chi connectivity index (χ2n) is 11.2. The number of carbonyl (C=O) groups is 2. The molecule has 3 rings (SSSR count). The van der Waals surface area contributed by atoms with E-state index in [4.69, 9.17) is 18.9 Å². The highest BCUT2D eigenvalue weighted by Crippen LogP contribution is 2.41. The van der Waals surface area contributed by atoms with Crippen LogP contribution in [0.1, 0.15) is 70.7 Å². The van der Waals surface area contributed by atoms with E-state index in [0.29, 0.717) is 30.9 Å². The van der Waals surface area contributed by atoms with Gasteiger partial charge in [-0.2, -0.15) is 0 Å². The minimum absolute atomic E-state index is 0.216. The number of esters is 1. The van der Waals surface area contributed by atoms with Gasteiger partial charge in [0.1, 0.15) is 11.4 Å². The largest absolute Gasteiger partial charge is 0.497 e. The number of rotatable bonds is 6. The lowest BCUT2D eigenvalue weighted by Gasteiger charge is -2.38. The Hall–Kier alpha value is -3.22. The van der Waals surface area contributed by atoms with Crippen molar-refractivity contribution in [1.82, 2.24) is 4.90 Å². The summed E-state index contributed by atoms with van der Waals surface area (Å²) in [5.41, 5.74) is 1.92. The molecule has 0 spiro atoms. The van der Waals surface area contributed by atoms with Gasteiger partial charge in [0.25, 0.3) is 0 Å². The van der Waals surface area contributed by atoms with Crippen molar-refractivity contribution in [3.8, 4) is 17.2 Å². The SMILES string of the molecule is COc1ccc(CC[C@H]2c3cc(OC)c(OC(=O)C(C)(C)C)cc3CCN2C(=O)OC(C)(C)C)cc1. The first-order valence-electron chi connectivity index (χ1n) is 12.4. The summed E-state index contributed by atoms with van der Waals surface area (Å²) in [6.07, 6.45) is 1.74. The number of aryl methyl sites for hydroxylation is 1. The third-order valence-corrected chi connectivity index (χ3v) is 6.09. The summed E-state index contributed by atoms with van der Waals surface area (Å²) in [7, 11) is 3.20. The van der Waals surface area contributed by atoms with Crippen LogP contribution < -0.4 is 14.2 Å². The highest BCUT2D eigenvalue weighted by molar-refractivity contribution is 5.79. The van der Waals surface area contributed by atoms with E-state index >= 15 is 0 Å². The molecule has 0 N–H and O–H groups in total. The minimum Gasteiger partial charge on any atom is -0.497 e. The van der Waals surface area contributed by atoms with Crippen LogP contribution in [0.5, 0.6) is 17.2 Å². The van der Waals surface area contributed by atoms with E-state index in [2.05, 4.69) is 0 Å². The van der Waals surface area contributed by atoms with Crippen LogP contribution in [0.4, 0.5) is 4.79 Å². The highest BCUT2D eigenvalue weighted by Gasteiger charge is 2.35. The van der Waals surface area contributed by atoms with Crippen LogP contribution in [0, 0.1) is 5.41 Å². The molecule has 7 nitrogen and oxygen atoms in total. The van der Waals surface area contributed by atoms with E-state index in [1.807, 2.05) is 77.9 Å². The molecule has 1 aliphatic rings. The first-order valence-corrected chi connectivity index (χ1v) is 12.4. The molecule has 0 aliphatic carbocycles. The van der Waals surface area contributed by atoms with Crippen LogP contribution in [-0.2, 0) is 22.4 Å². The van der Waals surface area contributed by atoms with Crippen molar-refractivity contribution < 1.29 is 28.5 Å². The van der Waals surface area contributed by atoms with Crippen molar-refractivity contribution in [2.75, 3.05) is 20.8 Å². The number of amides is 1. The lowest BCUT2D eigenvalue weighted by atomic mass is 9.88. The highest BCUT2D eigenvalue weighted by atomic mass is 16.6. The third kappa shape index (κ3) is 6.71. The molecule has 1 atom stereocenters. The van der Waals surface area contributed by atoms with E-state index in [-0.39, 0.29) is 18.1 Å². The van der Waals surface area contributed by atoms with Gasteiger partial charge in [-0.1, -0.05) is 12.1 Å². The number of hydrogen-bond acceptors (Lipinski definition) is 6. The number of methoxy groups -OCH3 is 2. The molecule has 1 aliphatic heterocycles. The average Bonchev–Trinajstić information content (AvgIpc) is 2.80. The smallest absolute Gasteiger partial charge is 0.410 e. The summed E-state index contributed by atoms with van der Waals surface area (Å²) in [5.74, 6) is 1.34. The first-order chi connectivity index (χ1) is 16.8. The summed E-state index contributed by atoms with van der Waals surface area (Å²) in [6, 6.07) is 11.5. The van der Waals surface area contributed by atoms with Gasteiger partial charge in [0.2, 0.25) is 0 Å². The molecule has 1 heterocycles. The number of hydrogen-bond donors (Lipinski definition) is 0. The van der Waals surface area contributed by atoms with Crippen LogP contribution in [0.15, 0.2) is 36.4 Å². The van der Waals surface area contributed by atoms with Crippen molar-refractivity contribution in [3.63, 3.8) is 0 Å². The van der Waals surface area contributed by atoms with Crippen molar-refractivity contribution >= 4 is 12.1 Å². The van der Waals surface area contributed by atoms with Crippen LogP contribution in [0.25, 0.3) is 0 Å². The zero-order valence-electron chi connectivity index (χ0n) is 22.8. The summed E-state index contributed by atoms with van der Waals surface area (Å²) >= 11 is 0. The molecule has 196 valence electrons. The van der Waals surface area contributed by atoms with Gasteiger partial charge in [-0.15, -0.1) is 0 Å². The third-order valence-electron chi connectivity index (χ3n) is 6.09. The lowest BCUT2D eigenvalue weighted by molar-refractivity contribution is -0.143. The number of carbonyl (C=O) groups excluding carboxylic acids is 2. The van der Waals surface area contributed by atoms with Gasteiger partial charge < -0.3 is 23.8 Å². The molecule has 36 heavy (non-hydrogen) atoms. The second-order valence-corrected chi connectivity index (χ2v) is 11.2. The Morgan fingerprint density at radius 3 is 2.17 bits per heavy atom. The van der Waals surface area contributed by atoms with Crippen LogP contribution in [-0.4, -0.2) is 43.3 Å². The number of fused-ring (bicyclic) bond motifs is 1. The van der Waals surface area contributed by atoms with E-state index in [0.717, 1.165) is 28.9 Å². The predicted octanol–water partition coefficient (Wildman–Crippen LogP) is 6.12. The average molecular weight is 498 g/mol. The van der Waals surface area contributed by atoms with Gasteiger partial charge >= 0.3 is 12.1 Å². The van der Waals surface area contributed by atoms with Gasteiger partial charge in [-0.25, -0.2) is 4.79 Å². The molecule has 2 aromatic rings. The summed E-state index contributed by atoms with van der Waals surface area (Å²) in [6.45, 7) is 11.6. The van der Waals surface area contributed by atoms with Crippen LogP contribution in [0.3, 0.4) is 0 Å². The predicted molar refractivity (Wildman–Crippen MR) is 139 cm³/mol. The van der Waals surface area contributed by atoms with Gasteiger partial charge in [0, 0.05) is 6.54 Å². The fourth-order valence-corrected chi connectivity index (χ4v) is 4.15. The Morgan fingerprint density at radius 1 is 0.944 bits per heavy atom. The first kappa shape index (κ1) is 27.4. The van der Waals surface area contributed by atoms with E-state index in [9.17, 15) is 9.59 Å². The Balaban J connectivity index is 1.96. The fourth-order valence-electron chi connectivity index (χ4n) is 4.15. The van der Waals surface area contributed by atoms with Crippen molar-refractivity contribution in [3.05, 3.63) is 53.1 Å². The Labute approximate surface area is 214 Å². The maximum absolute atomic E-state index is 13.2. The molecule has 0 aromatic heterocycles. The lowest BCUT2D eigenvalue weighted by Crippen LogP contribution is -2.43. The number of benzene rings is 2. The van der Waals surface area contributed by atoms with Crippen LogP contribution in [0.2, 0.25) is 0 Å². The van der Waals surface area contributed by atoms with Gasteiger partial charge in [0.05, 0.1) is 25.7 Å². The molecular weight excluding hydrogens is 458 g/mol. The topological polar surface area (TPSA) is 74.3 Å². The minimum atomic E-state index is -0.644. The Kier molecular flexibility index (Phi) is 8.22. The maximum Gasteiger partial charge on any atom is 0.410 e. The molecule has 1 amide bonds. The molecular formula is C29H39NO6.